The molecule has 142 valence electrons. The van der Waals surface area contributed by atoms with E-state index in [4.69, 9.17) is 0 Å². The number of carboxylic acid groups (broad SMARTS) is 1. The Labute approximate surface area is 162 Å². The van der Waals surface area contributed by atoms with E-state index < -0.39 is 11.4 Å². The van der Waals surface area contributed by atoms with Crippen LogP contribution in [0.1, 0.15) is 56.6 Å². The Hall–Kier alpha value is -2.35. The highest BCUT2D eigenvalue weighted by atomic mass is 16.4. The third-order valence-corrected chi connectivity index (χ3v) is 6.13. The minimum atomic E-state index is -0.889. The summed E-state index contributed by atoms with van der Waals surface area (Å²) in [6.07, 6.45) is 12.2. The molecule has 1 fully saturated rings. The average molecular weight is 363 g/mol. The third kappa shape index (κ3) is 4.68. The number of hydrogen-bond acceptors (Lipinski definition) is 1. The van der Waals surface area contributed by atoms with Crippen molar-refractivity contribution in [1.29, 1.82) is 0 Å². The van der Waals surface area contributed by atoms with Gasteiger partial charge in [-0.15, -0.1) is 0 Å². The molecule has 0 amide bonds. The van der Waals surface area contributed by atoms with Gasteiger partial charge in [0.05, 0.1) is 5.41 Å². The number of carboxylic acids is 1. The normalized spacial score (nSPS) is 18.9. The fourth-order valence-corrected chi connectivity index (χ4v) is 4.34. The van der Waals surface area contributed by atoms with Crippen molar-refractivity contribution in [3.05, 3.63) is 83.9 Å². The van der Waals surface area contributed by atoms with E-state index in [-0.39, 0.29) is 5.41 Å². The molecule has 2 aromatic carbocycles. The van der Waals surface area contributed by atoms with Gasteiger partial charge in [0.25, 0.3) is 0 Å². The minimum Gasteiger partial charge on any atom is -0.481 e. The van der Waals surface area contributed by atoms with Crippen molar-refractivity contribution in [1.82, 2.24) is 0 Å². The topological polar surface area (TPSA) is 37.3 Å². The van der Waals surface area contributed by atoms with Gasteiger partial charge in [-0.05, 0) is 49.1 Å². The van der Waals surface area contributed by atoms with Crippen LogP contribution in [0.3, 0.4) is 0 Å². The highest BCUT2D eigenvalue weighted by Crippen LogP contribution is 2.41. The van der Waals surface area contributed by atoms with Gasteiger partial charge in [-0.1, -0.05) is 92.1 Å². The van der Waals surface area contributed by atoms with E-state index in [1.165, 1.54) is 37.7 Å². The van der Waals surface area contributed by atoms with Crippen LogP contribution in [0.15, 0.2) is 72.8 Å². The van der Waals surface area contributed by atoms with Crippen LogP contribution in [0.25, 0.3) is 0 Å². The third-order valence-electron chi connectivity index (χ3n) is 6.13. The maximum absolute atomic E-state index is 12.0. The molecule has 0 spiro atoms. The molecule has 0 heterocycles. The lowest BCUT2D eigenvalue weighted by Gasteiger charge is -2.35. The van der Waals surface area contributed by atoms with Gasteiger partial charge in [0.2, 0.25) is 0 Å². The second-order valence-electron chi connectivity index (χ2n) is 8.20. The second-order valence-corrected chi connectivity index (χ2v) is 8.20. The molecular formula is C25H30O2. The van der Waals surface area contributed by atoms with Gasteiger partial charge >= 0.3 is 5.97 Å². The molecule has 27 heavy (non-hydrogen) atoms. The largest absolute Gasteiger partial charge is 0.481 e. The van der Waals surface area contributed by atoms with Crippen molar-refractivity contribution in [2.75, 3.05) is 0 Å². The molecule has 1 N–H and O–H groups in total. The van der Waals surface area contributed by atoms with Crippen molar-refractivity contribution in [3.63, 3.8) is 0 Å². The molecule has 0 aromatic heterocycles. The van der Waals surface area contributed by atoms with Crippen molar-refractivity contribution >= 4 is 5.97 Å². The van der Waals surface area contributed by atoms with Crippen molar-refractivity contribution < 1.29 is 9.90 Å². The Balaban J connectivity index is 1.80. The van der Waals surface area contributed by atoms with E-state index in [1.807, 2.05) is 37.3 Å². The fraction of sp³-hybridized carbons (Fsp3) is 0.400. The Kier molecular flexibility index (Phi) is 6.15. The Bertz CT molecular complexity index is 757. The van der Waals surface area contributed by atoms with Crippen molar-refractivity contribution in [2.24, 2.45) is 5.41 Å². The summed E-state index contributed by atoms with van der Waals surface area (Å²) in [6.45, 7) is 1.83. The van der Waals surface area contributed by atoms with Gasteiger partial charge in [0.1, 0.15) is 0 Å². The molecule has 2 nitrogen and oxygen atoms in total. The first-order valence-corrected chi connectivity index (χ1v) is 10.0. The molecule has 2 heteroatoms. The Morgan fingerprint density at radius 1 is 1.00 bits per heavy atom. The molecule has 1 unspecified atom stereocenters. The molecule has 1 aliphatic rings. The summed E-state index contributed by atoms with van der Waals surface area (Å²) in [5.41, 5.74) is 1.51. The molecule has 1 atom stereocenters. The van der Waals surface area contributed by atoms with Crippen LogP contribution < -0.4 is 0 Å². The molecule has 1 aliphatic carbocycles. The Morgan fingerprint density at radius 2 is 1.59 bits per heavy atom. The number of carbonyl (C=O) groups is 1. The lowest BCUT2D eigenvalue weighted by molar-refractivity contribution is -0.143. The maximum atomic E-state index is 12.0. The van der Waals surface area contributed by atoms with Crippen LogP contribution in [-0.4, -0.2) is 11.1 Å². The van der Waals surface area contributed by atoms with E-state index in [0.717, 1.165) is 12.0 Å². The highest BCUT2D eigenvalue weighted by Gasteiger charge is 2.35. The Morgan fingerprint density at radius 3 is 2.19 bits per heavy atom. The zero-order valence-corrected chi connectivity index (χ0v) is 16.2. The summed E-state index contributed by atoms with van der Waals surface area (Å²) in [5.74, 6) is -0.765. The van der Waals surface area contributed by atoms with Crippen molar-refractivity contribution in [2.45, 2.75) is 57.3 Å². The molecule has 0 saturated heterocycles. The van der Waals surface area contributed by atoms with Crippen LogP contribution in [0, 0.1) is 5.41 Å². The molecule has 3 rings (SSSR count). The van der Waals surface area contributed by atoms with Crippen molar-refractivity contribution in [3.8, 4) is 0 Å². The van der Waals surface area contributed by atoms with Gasteiger partial charge in [-0.25, -0.2) is 0 Å². The summed E-state index contributed by atoms with van der Waals surface area (Å²) in [7, 11) is 0. The van der Waals surface area contributed by atoms with E-state index in [0.29, 0.717) is 6.42 Å². The minimum absolute atomic E-state index is 0.162. The predicted octanol–water partition coefficient (Wildman–Crippen LogP) is 6.17. The number of aliphatic carboxylic acids is 1. The molecule has 0 bridgehead atoms. The second kappa shape index (κ2) is 8.56. The summed E-state index contributed by atoms with van der Waals surface area (Å²) in [4.78, 5) is 12.0. The van der Waals surface area contributed by atoms with Crippen LogP contribution in [0.4, 0.5) is 0 Å². The van der Waals surface area contributed by atoms with Crippen LogP contribution >= 0.6 is 0 Å². The first-order valence-electron chi connectivity index (χ1n) is 10.0. The lowest BCUT2D eigenvalue weighted by Crippen LogP contribution is -2.32. The van der Waals surface area contributed by atoms with Crippen LogP contribution in [0.2, 0.25) is 0 Å². The van der Waals surface area contributed by atoms with Gasteiger partial charge in [-0.3, -0.25) is 4.79 Å². The molecule has 1 saturated carbocycles. The van der Waals surface area contributed by atoms with E-state index in [9.17, 15) is 9.90 Å². The van der Waals surface area contributed by atoms with Gasteiger partial charge in [-0.2, -0.15) is 0 Å². The van der Waals surface area contributed by atoms with Gasteiger partial charge in [0, 0.05) is 0 Å². The number of benzene rings is 2. The van der Waals surface area contributed by atoms with Crippen LogP contribution in [0.5, 0.6) is 0 Å². The van der Waals surface area contributed by atoms with Gasteiger partial charge < -0.3 is 5.11 Å². The standard InChI is InChI=1S/C25H30O2/c1-24(23(26)27,22-14-7-3-8-15-22)16-11-19-25(17-9-4-10-18-25)20-21-12-5-2-6-13-21/h2-3,5-8,11-15,19H,4,9-10,16-18,20H2,1H3,(H,26,27). The summed E-state index contributed by atoms with van der Waals surface area (Å²) in [5, 5.41) is 9.89. The number of allylic oxidation sites excluding steroid dienone is 2. The zero-order chi connectivity index (χ0) is 19.2. The molecule has 0 aliphatic heterocycles. The smallest absolute Gasteiger partial charge is 0.314 e. The number of hydrogen-bond donors (Lipinski definition) is 1. The summed E-state index contributed by atoms with van der Waals surface area (Å²) < 4.78 is 0. The first kappa shape index (κ1) is 19.4. The van der Waals surface area contributed by atoms with Crippen LogP contribution in [-0.2, 0) is 16.6 Å². The number of rotatable bonds is 7. The van der Waals surface area contributed by atoms with Gasteiger partial charge in [0.15, 0.2) is 0 Å². The SMILES string of the molecule is CC(CC=CC1(Cc2ccccc2)CCCCC1)(C(=O)O)c1ccccc1. The predicted molar refractivity (Wildman–Crippen MR) is 111 cm³/mol. The highest BCUT2D eigenvalue weighted by molar-refractivity contribution is 5.81. The first-order chi connectivity index (χ1) is 13.0. The van der Waals surface area contributed by atoms with E-state index in [2.05, 4.69) is 42.5 Å². The maximum Gasteiger partial charge on any atom is 0.314 e. The van der Waals surface area contributed by atoms with E-state index in [1.54, 1.807) is 0 Å². The lowest BCUT2D eigenvalue weighted by atomic mass is 9.69. The monoisotopic (exact) mass is 362 g/mol. The zero-order valence-electron chi connectivity index (χ0n) is 16.2. The molecule has 2 aromatic rings. The molecular weight excluding hydrogens is 332 g/mol. The van der Waals surface area contributed by atoms with E-state index >= 15 is 0 Å². The fourth-order valence-electron chi connectivity index (χ4n) is 4.34. The summed E-state index contributed by atoms with van der Waals surface area (Å²) in [6, 6.07) is 20.3. The molecule has 0 radical (unpaired) electrons. The average Bonchev–Trinajstić information content (AvgIpc) is 2.70. The quantitative estimate of drug-likeness (QED) is 0.598. The summed E-state index contributed by atoms with van der Waals surface area (Å²) >= 11 is 0.